The van der Waals surface area contributed by atoms with E-state index >= 15 is 0 Å². The largest absolute Gasteiger partial charge is 0.375 e. The van der Waals surface area contributed by atoms with Crippen LogP contribution >= 0.6 is 11.6 Å². The zero-order chi connectivity index (χ0) is 10.6. The summed E-state index contributed by atoms with van der Waals surface area (Å²) in [7, 11) is 1.38. The molecular weight excluding hydrogens is 209 g/mol. The zero-order valence-corrected chi connectivity index (χ0v) is 8.27. The van der Waals surface area contributed by atoms with E-state index in [1.165, 1.54) is 25.3 Å². The van der Waals surface area contributed by atoms with Crippen molar-refractivity contribution >= 4 is 23.2 Å². The molecular formula is C9H9ClFNO2. The molecule has 0 aliphatic heterocycles. The number of nitrogens with one attached hydrogen (secondary N) is 1. The molecule has 5 heteroatoms. The van der Waals surface area contributed by atoms with Gasteiger partial charge in [-0.15, -0.1) is 0 Å². The summed E-state index contributed by atoms with van der Waals surface area (Å²) < 4.78 is 17.6. The van der Waals surface area contributed by atoms with Gasteiger partial charge in [0.25, 0.3) is 0 Å². The van der Waals surface area contributed by atoms with E-state index in [-0.39, 0.29) is 12.3 Å². The van der Waals surface area contributed by atoms with Crippen molar-refractivity contribution in [2.24, 2.45) is 0 Å². The normalized spacial score (nSPS) is 9.93. The molecule has 0 fully saturated rings. The molecule has 0 aromatic heterocycles. The van der Waals surface area contributed by atoms with Gasteiger partial charge in [0.05, 0.1) is 5.69 Å². The Hall–Kier alpha value is -1.13. The molecule has 0 saturated carbocycles. The highest BCUT2D eigenvalue weighted by atomic mass is 35.5. The highest BCUT2D eigenvalue weighted by Gasteiger charge is 2.06. The lowest BCUT2D eigenvalue weighted by Gasteiger charge is -2.05. The fraction of sp³-hybridized carbons (Fsp3) is 0.222. The Labute approximate surface area is 85.8 Å². The summed E-state index contributed by atoms with van der Waals surface area (Å²) in [5, 5.41) is 2.69. The minimum absolute atomic E-state index is 0.0551. The van der Waals surface area contributed by atoms with Crippen molar-refractivity contribution in [1.29, 1.82) is 0 Å². The summed E-state index contributed by atoms with van der Waals surface area (Å²) >= 11 is 5.63. The van der Waals surface area contributed by atoms with Gasteiger partial charge in [0.15, 0.2) is 0 Å². The van der Waals surface area contributed by atoms with Crippen LogP contribution in [0.1, 0.15) is 0 Å². The van der Waals surface area contributed by atoms with Crippen LogP contribution in [0.4, 0.5) is 10.1 Å². The predicted molar refractivity (Wildman–Crippen MR) is 51.9 cm³/mol. The number of carbonyl (C=O) groups excluding carboxylic acids is 1. The van der Waals surface area contributed by atoms with Crippen LogP contribution in [-0.2, 0) is 9.53 Å². The Morgan fingerprint density at radius 2 is 2.36 bits per heavy atom. The quantitative estimate of drug-likeness (QED) is 0.842. The molecule has 1 aromatic rings. The summed E-state index contributed by atoms with van der Waals surface area (Å²) in [6, 6.07) is 3.93. The van der Waals surface area contributed by atoms with Crippen LogP contribution in [-0.4, -0.2) is 19.6 Å². The summed E-state index contributed by atoms with van der Waals surface area (Å²) in [5.74, 6) is -0.951. The Balaban J connectivity index is 2.75. The SMILES string of the molecule is COCC(=O)Nc1cc(Cl)ccc1F. The summed E-state index contributed by atoms with van der Waals surface area (Å²) in [6.45, 7) is -0.119. The minimum atomic E-state index is -0.529. The van der Waals surface area contributed by atoms with Crippen LogP contribution in [0.2, 0.25) is 5.02 Å². The molecule has 3 nitrogen and oxygen atoms in total. The Kier molecular flexibility index (Phi) is 3.85. The van der Waals surface area contributed by atoms with Crippen LogP contribution < -0.4 is 5.32 Å². The Morgan fingerprint density at radius 3 is 3.00 bits per heavy atom. The summed E-state index contributed by atoms with van der Waals surface area (Å²) in [6.07, 6.45) is 0. The van der Waals surface area contributed by atoms with E-state index in [9.17, 15) is 9.18 Å². The fourth-order valence-electron chi connectivity index (χ4n) is 0.911. The van der Waals surface area contributed by atoms with Gasteiger partial charge in [-0.2, -0.15) is 0 Å². The topological polar surface area (TPSA) is 38.3 Å². The molecule has 0 aliphatic carbocycles. The number of carbonyl (C=O) groups is 1. The van der Waals surface area contributed by atoms with Gasteiger partial charge in [0.1, 0.15) is 12.4 Å². The summed E-state index contributed by atoms with van der Waals surface area (Å²) in [5.41, 5.74) is 0.0551. The molecule has 0 atom stereocenters. The highest BCUT2D eigenvalue weighted by Crippen LogP contribution is 2.19. The van der Waals surface area contributed by atoms with Crippen LogP contribution in [0.15, 0.2) is 18.2 Å². The molecule has 76 valence electrons. The third-order valence-electron chi connectivity index (χ3n) is 1.48. The number of benzene rings is 1. The van der Waals surface area contributed by atoms with Crippen LogP contribution in [0, 0.1) is 5.82 Å². The lowest BCUT2D eigenvalue weighted by atomic mass is 10.3. The Morgan fingerprint density at radius 1 is 1.64 bits per heavy atom. The maximum absolute atomic E-state index is 13.1. The van der Waals surface area contributed by atoms with Crippen molar-refractivity contribution in [2.45, 2.75) is 0 Å². The van der Waals surface area contributed by atoms with E-state index in [1.807, 2.05) is 0 Å². The molecule has 0 aliphatic rings. The average molecular weight is 218 g/mol. The number of amides is 1. The van der Waals surface area contributed by atoms with Gasteiger partial charge in [-0.25, -0.2) is 4.39 Å². The van der Waals surface area contributed by atoms with Crippen molar-refractivity contribution in [3.8, 4) is 0 Å². The third kappa shape index (κ3) is 2.97. The zero-order valence-electron chi connectivity index (χ0n) is 7.51. The molecule has 1 rings (SSSR count). The summed E-state index contributed by atoms with van der Waals surface area (Å²) in [4.78, 5) is 11.0. The molecule has 0 spiro atoms. The van der Waals surface area contributed by atoms with Crippen molar-refractivity contribution in [2.75, 3.05) is 19.0 Å². The number of anilines is 1. The second-order valence-corrected chi connectivity index (χ2v) is 3.04. The van der Waals surface area contributed by atoms with Crippen LogP contribution in [0.25, 0.3) is 0 Å². The molecule has 0 radical (unpaired) electrons. The van der Waals surface area contributed by atoms with E-state index in [4.69, 9.17) is 11.6 Å². The number of halogens is 2. The molecule has 1 aromatic carbocycles. The molecule has 14 heavy (non-hydrogen) atoms. The molecule has 0 unspecified atom stereocenters. The number of hydrogen-bond acceptors (Lipinski definition) is 2. The maximum atomic E-state index is 13.1. The lowest BCUT2D eigenvalue weighted by molar-refractivity contribution is -0.119. The minimum Gasteiger partial charge on any atom is -0.375 e. The van der Waals surface area contributed by atoms with Crippen LogP contribution in [0.5, 0.6) is 0 Å². The van der Waals surface area contributed by atoms with Gasteiger partial charge in [-0.05, 0) is 18.2 Å². The predicted octanol–water partition coefficient (Wildman–Crippen LogP) is 2.06. The standard InChI is InChI=1S/C9H9ClFNO2/c1-14-5-9(13)12-8-4-6(10)2-3-7(8)11/h2-4H,5H2,1H3,(H,12,13). The monoisotopic (exact) mass is 217 g/mol. The van der Waals surface area contributed by atoms with E-state index in [0.29, 0.717) is 5.02 Å². The van der Waals surface area contributed by atoms with Crippen LogP contribution in [0.3, 0.4) is 0 Å². The van der Waals surface area contributed by atoms with Gasteiger partial charge < -0.3 is 10.1 Å². The fourth-order valence-corrected chi connectivity index (χ4v) is 1.08. The van der Waals surface area contributed by atoms with Crippen molar-refractivity contribution in [1.82, 2.24) is 0 Å². The van der Waals surface area contributed by atoms with Gasteiger partial charge in [-0.3, -0.25) is 4.79 Å². The lowest BCUT2D eigenvalue weighted by Crippen LogP contribution is -2.17. The maximum Gasteiger partial charge on any atom is 0.250 e. The highest BCUT2D eigenvalue weighted by molar-refractivity contribution is 6.30. The van der Waals surface area contributed by atoms with Crippen molar-refractivity contribution < 1.29 is 13.9 Å². The Bertz CT molecular complexity index is 344. The smallest absolute Gasteiger partial charge is 0.250 e. The number of methoxy groups -OCH3 is 1. The first-order chi connectivity index (χ1) is 6.63. The number of ether oxygens (including phenoxy) is 1. The molecule has 1 amide bonds. The molecule has 0 saturated heterocycles. The first-order valence-electron chi connectivity index (χ1n) is 3.87. The van der Waals surface area contributed by atoms with E-state index < -0.39 is 11.7 Å². The van der Waals surface area contributed by atoms with E-state index in [1.54, 1.807) is 0 Å². The first-order valence-corrected chi connectivity index (χ1v) is 4.25. The first kappa shape index (κ1) is 10.9. The molecule has 0 heterocycles. The van der Waals surface area contributed by atoms with E-state index in [0.717, 1.165) is 0 Å². The van der Waals surface area contributed by atoms with Gasteiger partial charge in [0, 0.05) is 12.1 Å². The van der Waals surface area contributed by atoms with Gasteiger partial charge >= 0.3 is 0 Å². The van der Waals surface area contributed by atoms with Gasteiger partial charge in [0.2, 0.25) is 5.91 Å². The van der Waals surface area contributed by atoms with E-state index in [2.05, 4.69) is 10.1 Å². The number of rotatable bonds is 3. The van der Waals surface area contributed by atoms with Crippen molar-refractivity contribution in [3.63, 3.8) is 0 Å². The second-order valence-electron chi connectivity index (χ2n) is 2.61. The third-order valence-corrected chi connectivity index (χ3v) is 1.71. The molecule has 1 N–H and O–H groups in total. The molecule has 0 bridgehead atoms. The van der Waals surface area contributed by atoms with Gasteiger partial charge in [-0.1, -0.05) is 11.6 Å². The average Bonchev–Trinajstić information content (AvgIpc) is 2.12. The number of hydrogen-bond donors (Lipinski definition) is 1. The van der Waals surface area contributed by atoms with Crippen molar-refractivity contribution in [3.05, 3.63) is 29.0 Å². The second kappa shape index (κ2) is 4.93.